The Balaban J connectivity index is 1.71. The molecule has 1 saturated heterocycles. The van der Waals surface area contributed by atoms with Crippen molar-refractivity contribution >= 4 is 11.7 Å². The van der Waals surface area contributed by atoms with Gasteiger partial charge < -0.3 is 10.6 Å². The van der Waals surface area contributed by atoms with Gasteiger partial charge in [-0.25, -0.2) is 9.07 Å². The van der Waals surface area contributed by atoms with Crippen molar-refractivity contribution in [1.82, 2.24) is 15.1 Å². The molecule has 4 rings (SSSR count). The van der Waals surface area contributed by atoms with Gasteiger partial charge in [-0.05, 0) is 37.1 Å². The summed E-state index contributed by atoms with van der Waals surface area (Å²) in [7, 11) is 0. The van der Waals surface area contributed by atoms with Gasteiger partial charge in [-0.1, -0.05) is 43.7 Å². The maximum Gasteiger partial charge on any atom is 0.220 e. The zero-order valence-corrected chi connectivity index (χ0v) is 17.4. The number of benzene rings is 2. The Labute approximate surface area is 176 Å². The maximum atomic E-state index is 14.6. The first-order valence-electron chi connectivity index (χ1n) is 10.5. The molecular formula is C24H27FN4O. The third-order valence-electron chi connectivity index (χ3n) is 5.64. The minimum absolute atomic E-state index is 0.0622. The maximum absolute atomic E-state index is 14.6. The van der Waals surface area contributed by atoms with Crippen LogP contribution in [0.25, 0.3) is 16.9 Å². The number of hydrogen-bond acceptors (Lipinski definition) is 3. The first kappa shape index (κ1) is 20.1. The first-order valence-corrected chi connectivity index (χ1v) is 10.5. The molecule has 3 aromatic rings. The van der Waals surface area contributed by atoms with Crippen LogP contribution in [-0.2, 0) is 11.2 Å². The van der Waals surface area contributed by atoms with Gasteiger partial charge in [0.15, 0.2) is 0 Å². The van der Waals surface area contributed by atoms with E-state index in [0.717, 1.165) is 24.1 Å². The van der Waals surface area contributed by atoms with Crippen LogP contribution in [0.2, 0.25) is 0 Å². The van der Waals surface area contributed by atoms with Crippen molar-refractivity contribution in [3.63, 3.8) is 0 Å². The molecule has 0 spiro atoms. The molecule has 1 unspecified atom stereocenters. The molecule has 1 aliphatic heterocycles. The number of anilines is 1. The van der Waals surface area contributed by atoms with Gasteiger partial charge >= 0.3 is 0 Å². The van der Waals surface area contributed by atoms with Gasteiger partial charge in [0, 0.05) is 36.6 Å². The molecule has 6 heteroatoms. The predicted molar refractivity (Wildman–Crippen MR) is 117 cm³/mol. The number of amides is 1. The fourth-order valence-corrected chi connectivity index (χ4v) is 3.97. The van der Waals surface area contributed by atoms with Crippen molar-refractivity contribution in [2.45, 2.75) is 39.2 Å². The van der Waals surface area contributed by atoms with Crippen LogP contribution in [0.15, 0.2) is 54.6 Å². The fraction of sp³-hybridized carbons (Fsp3) is 0.333. The molecule has 156 valence electrons. The Morgan fingerprint density at radius 3 is 2.80 bits per heavy atom. The summed E-state index contributed by atoms with van der Waals surface area (Å²) in [6, 6.07) is 17.0. The SMILES string of the molecule is CCCc1cccc(-c2cc(NC(C)[C@H]3CNC(=O)C3)nn2-c2ccccc2F)c1. The highest BCUT2D eigenvalue weighted by atomic mass is 19.1. The molecule has 2 atom stereocenters. The number of aryl methyl sites for hydroxylation is 1. The largest absolute Gasteiger partial charge is 0.366 e. The van der Waals surface area contributed by atoms with Gasteiger partial charge in [-0.2, -0.15) is 0 Å². The normalized spacial score (nSPS) is 17.0. The van der Waals surface area contributed by atoms with Gasteiger partial charge in [-0.3, -0.25) is 4.79 Å². The highest BCUT2D eigenvalue weighted by molar-refractivity contribution is 5.78. The first-order chi connectivity index (χ1) is 14.5. The molecule has 1 amide bonds. The number of halogens is 1. The summed E-state index contributed by atoms with van der Waals surface area (Å²) in [5, 5.41) is 11.0. The van der Waals surface area contributed by atoms with E-state index in [-0.39, 0.29) is 23.7 Å². The topological polar surface area (TPSA) is 58.9 Å². The summed E-state index contributed by atoms with van der Waals surface area (Å²) in [6.45, 7) is 4.86. The molecule has 0 bridgehead atoms. The zero-order chi connectivity index (χ0) is 21.1. The molecule has 2 aromatic carbocycles. The lowest BCUT2D eigenvalue weighted by Gasteiger charge is -2.18. The van der Waals surface area contributed by atoms with Gasteiger partial charge in [0.2, 0.25) is 5.91 Å². The van der Waals surface area contributed by atoms with Gasteiger partial charge in [0.05, 0.1) is 5.69 Å². The minimum atomic E-state index is -0.322. The molecule has 1 fully saturated rings. The Morgan fingerprint density at radius 1 is 1.23 bits per heavy atom. The van der Waals surface area contributed by atoms with E-state index in [1.54, 1.807) is 16.8 Å². The van der Waals surface area contributed by atoms with Crippen LogP contribution in [-0.4, -0.2) is 28.3 Å². The van der Waals surface area contributed by atoms with E-state index in [0.29, 0.717) is 24.5 Å². The summed E-state index contributed by atoms with van der Waals surface area (Å²) in [6.07, 6.45) is 2.56. The van der Waals surface area contributed by atoms with Gasteiger partial charge in [0.25, 0.3) is 0 Å². The van der Waals surface area contributed by atoms with Crippen molar-refractivity contribution in [3.05, 3.63) is 66.0 Å². The summed E-state index contributed by atoms with van der Waals surface area (Å²) in [5.74, 6) is 0.629. The zero-order valence-electron chi connectivity index (χ0n) is 17.4. The number of nitrogens with zero attached hydrogens (tertiary/aromatic N) is 2. The molecule has 1 aromatic heterocycles. The summed E-state index contributed by atoms with van der Waals surface area (Å²) < 4.78 is 16.3. The highest BCUT2D eigenvalue weighted by Crippen LogP contribution is 2.29. The second-order valence-electron chi connectivity index (χ2n) is 7.93. The average molecular weight is 407 g/mol. The lowest BCUT2D eigenvalue weighted by atomic mass is 10.0. The molecule has 0 saturated carbocycles. The Hall–Kier alpha value is -3.15. The van der Waals surface area contributed by atoms with E-state index in [1.807, 2.05) is 24.3 Å². The summed E-state index contributed by atoms with van der Waals surface area (Å²) >= 11 is 0. The number of para-hydroxylation sites is 1. The number of rotatable bonds is 7. The van der Waals surface area contributed by atoms with Crippen LogP contribution >= 0.6 is 0 Å². The predicted octanol–water partition coefficient (Wildman–Crippen LogP) is 4.57. The Morgan fingerprint density at radius 2 is 2.07 bits per heavy atom. The van der Waals surface area contributed by atoms with E-state index in [1.165, 1.54) is 11.6 Å². The molecule has 2 N–H and O–H groups in total. The van der Waals surface area contributed by atoms with Crippen LogP contribution < -0.4 is 10.6 Å². The monoisotopic (exact) mass is 406 g/mol. The van der Waals surface area contributed by atoms with Crippen molar-refractivity contribution in [2.75, 3.05) is 11.9 Å². The lowest BCUT2D eigenvalue weighted by molar-refractivity contribution is -0.119. The smallest absolute Gasteiger partial charge is 0.220 e. The van der Waals surface area contributed by atoms with Gasteiger partial charge in [-0.15, -0.1) is 5.10 Å². The average Bonchev–Trinajstić information content (AvgIpc) is 3.35. The fourth-order valence-electron chi connectivity index (χ4n) is 3.97. The number of hydrogen-bond donors (Lipinski definition) is 2. The van der Waals surface area contributed by atoms with E-state index in [2.05, 4.69) is 41.7 Å². The van der Waals surface area contributed by atoms with E-state index in [4.69, 9.17) is 0 Å². The van der Waals surface area contributed by atoms with Crippen molar-refractivity contribution in [3.8, 4) is 16.9 Å². The number of nitrogens with one attached hydrogen (secondary N) is 2. The minimum Gasteiger partial charge on any atom is -0.366 e. The molecule has 0 aliphatic carbocycles. The third-order valence-corrected chi connectivity index (χ3v) is 5.64. The Kier molecular flexibility index (Phi) is 5.84. The van der Waals surface area contributed by atoms with Crippen LogP contribution in [0.1, 0.15) is 32.3 Å². The van der Waals surface area contributed by atoms with Crippen LogP contribution in [0, 0.1) is 11.7 Å². The lowest BCUT2D eigenvalue weighted by Crippen LogP contribution is -2.27. The van der Waals surface area contributed by atoms with E-state index in [9.17, 15) is 9.18 Å². The molecule has 5 nitrogen and oxygen atoms in total. The molecule has 30 heavy (non-hydrogen) atoms. The van der Waals surface area contributed by atoms with E-state index < -0.39 is 0 Å². The quantitative estimate of drug-likeness (QED) is 0.604. The molecule has 2 heterocycles. The molecule has 1 aliphatic rings. The molecule has 0 radical (unpaired) electrons. The second kappa shape index (κ2) is 8.69. The number of carbonyl (C=O) groups excluding carboxylic acids is 1. The Bertz CT molecular complexity index is 1050. The van der Waals surface area contributed by atoms with Crippen molar-refractivity contribution < 1.29 is 9.18 Å². The van der Waals surface area contributed by atoms with Crippen LogP contribution in [0.3, 0.4) is 0 Å². The standard InChI is InChI=1S/C24H27FN4O/c1-3-7-17-8-6-9-18(12-17)22-14-23(27-16(2)19-13-24(30)26-15-19)28-29(22)21-11-5-4-10-20(21)25/h4-6,8-12,14,16,19H,3,7,13,15H2,1-2H3,(H,26,30)(H,27,28)/t16?,19-/m1/s1. The van der Waals surface area contributed by atoms with Crippen LogP contribution in [0.5, 0.6) is 0 Å². The summed E-state index contributed by atoms with van der Waals surface area (Å²) in [4.78, 5) is 11.6. The van der Waals surface area contributed by atoms with Crippen LogP contribution in [0.4, 0.5) is 10.2 Å². The van der Waals surface area contributed by atoms with Gasteiger partial charge in [0.1, 0.15) is 17.3 Å². The third kappa shape index (κ3) is 4.22. The van der Waals surface area contributed by atoms with Crippen molar-refractivity contribution in [1.29, 1.82) is 0 Å². The number of aromatic nitrogens is 2. The number of carbonyl (C=O) groups is 1. The van der Waals surface area contributed by atoms with Crippen molar-refractivity contribution in [2.24, 2.45) is 5.92 Å². The molecular weight excluding hydrogens is 379 g/mol. The highest BCUT2D eigenvalue weighted by Gasteiger charge is 2.27. The van der Waals surface area contributed by atoms with E-state index >= 15 is 0 Å². The summed E-state index contributed by atoms with van der Waals surface area (Å²) in [5.41, 5.74) is 3.48. The second-order valence-corrected chi connectivity index (χ2v) is 7.93.